The molecule has 51 heavy (non-hydrogen) atoms. The minimum Gasteiger partial charge on any atom is -0.465 e. The average molecular weight is 726 g/mol. The van der Waals surface area contributed by atoms with E-state index >= 15 is 0 Å². The number of unbranched alkanes of at least 4 members (excludes halogenated alkanes) is 17. The Hall–Kier alpha value is -1.34. The highest BCUT2D eigenvalue weighted by molar-refractivity contribution is 5.75. The highest BCUT2D eigenvalue weighted by atomic mass is 16.7. The molecule has 0 aromatic carbocycles. The Bertz CT molecular complexity index is 750. The van der Waals surface area contributed by atoms with Gasteiger partial charge in [0.25, 0.3) is 0 Å². The third-order valence-electron chi connectivity index (χ3n) is 10.4. The summed E-state index contributed by atoms with van der Waals surface area (Å²) in [6.07, 6.45) is 32.1. The van der Waals surface area contributed by atoms with Crippen molar-refractivity contribution in [2.45, 2.75) is 214 Å². The smallest absolute Gasteiger partial charge is 0.465 e. The standard InChI is InChI=1S/C44H87NO6/c1-6-9-12-13-14-18-27-38-50-43(48)51-39-28-19-17-24-35-45(36-25-26-37-46)34-23-16-15-22-33-44(4,5)42(47)49-40-29-32-41(30-20-10-7-2)31-21-11-8-3/h41,46H,6-40H2,1-5H3. The number of carbonyl (C=O) groups excluding carboxylic acids is 2. The lowest BCUT2D eigenvalue weighted by atomic mass is 9.87. The predicted octanol–water partition coefficient (Wildman–Crippen LogP) is 12.6. The zero-order valence-electron chi connectivity index (χ0n) is 34.8. The zero-order chi connectivity index (χ0) is 37.7. The molecule has 1 N–H and O–H groups in total. The normalized spacial score (nSPS) is 11.8. The topological polar surface area (TPSA) is 85.3 Å². The van der Waals surface area contributed by atoms with Gasteiger partial charge in [0, 0.05) is 6.61 Å². The number of rotatable bonds is 39. The molecule has 0 aliphatic carbocycles. The van der Waals surface area contributed by atoms with Crippen LogP contribution in [0.1, 0.15) is 214 Å². The van der Waals surface area contributed by atoms with Gasteiger partial charge in [-0.05, 0) is 97.2 Å². The molecule has 0 fully saturated rings. The minimum absolute atomic E-state index is 0.0311. The molecular weight excluding hydrogens is 638 g/mol. The quantitative estimate of drug-likeness (QED) is 0.0499. The van der Waals surface area contributed by atoms with Gasteiger partial charge in [-0.3, -0.25) is 4.79 Å². The third kappa shape index (κ3) is 33.0. The van der Waals surface area contributed by atoms with Crippen LogP contribution >= 0.6 is 0 Å². The maximum absolute atomic E-state index is 12.9. The molecule has 0 saturated carbocycles. The molecule has 0 unspecified atom stereocenters. The van der Waals surface area contributed by atoms with Gasteiger partial charge >= 0.3 is 12.1 Å². The van der Waals surface area contributed by atoms with E-state index < -0.39 is 11.6 Å². The van der Waals surface area contributed by atoms with Gasteiger partial charge in [-0.15, -0.1) is 0 Å². The third-order valence-corrected chi connectivity index (χ3v) is 10.4. The molecule has 0 aromatic rings. The number of hydrogen-bond acceptors (Lipinski definition) is 7. The van der Waals surface area contributed by atoms with Crippen LogP contribution in [0.5, 0.6) is 0 Å². The summed E-state index contributed by atoms with van der Waals surface area (Å²) in [6, 6.07) is 0. The highest BCUT2D eigenvalue weighted by Gasteiger charge is 2.28. The highest BCUT2D eigenvalue weighted by Crippen LogP contribution is 2.27. The van der Waals surface area contributed by atoms with E-state index in [4.69, 9.17) is 14.2 Å². The van der Waals surface area contributed by atoms with Crippen LogP contribution in [0.2, 0.25) is 0 Å². The fourth-order valence-electron chi connectivity index (χ4n) is 6.87. The van der Waals surface area contributed by atoms with E-state index in [9.17, 15) is 14.7 Å². The van der Waals surface area contributed by atoms with Crippen molar-refractivity contribution in [3.05, 3.63) is 0 Å². The maximum atomic E-state index is 12.9. The summed E-state index contributed by atoms with van der Waals surface area (Å²) >= 11 is 0. The van der Waals surface area contributed by atoms with E-state index in [0.717, 1.165) is 109 Å². The Morgan fingerprint density at radius 2 is 0.922 bits per heavy atom. The van der Waals surface area contributed by atoms with Crippen molar-refractivity contribution < 1.29 is 28.9 Å². The van der Waals surface area contributed by atoms with Gasteiger partial charge in [0.05, 0.1) is 25.2 Å². The second-order valence-corrected chi connectivity index (χ2v) is 15.9. The number of hydrogen-bond donors (Lipinski definition) is 1. The molecule has 0 amide bonds. The number of esters is 1. The molecule has 0 bridgehead atoms. The number of aliphatic hydroxyl groups excluding tert-OH is 1. The number of nitrogens with zero attached hydrogens (tertiary/aromatic N) is 1. The molecular formula is C44H87NO6. The van der Waals surface area contributed by atoms with Gasteiger partial charge in [-0.25, -0.2) is 4.79 Å². The van der Waals surface area contributed by atoms with Crippen LogP contribution in [0.15, 0.2) is 0 Å². The summed E-state index contributed by atoms with van der Waals surface area (Å²) < 4.78 is 16.2. The second kappa shape index (κ2) is 37.0. The monoisotopic (exact) mass is 726 g/mol. The van der Waals surface area contributed by atoms with E-state index in [1.165, 1.54) is 96.3 Å². The fourth-order valence-corrected chi connectivity index (χ4v) is 6.87. The van der Waals surface area contributed by atoms with E-state index in [1.807, 2.05) is 13.8 Å². The fraction of sp³-hybridized carbons (Fsp3) is 0.955. The first-order valence-electron chi connectivity index (χ1n) is 22.1. The molecule has 0 radical (unpaired) electrons. The summed E-state index contributed by atoms with van der Waals surface area (Å²) in [7, 11) is 0. The Morgan fingerprint density at radius 1 is 0.510 bits per heavy atom. The van der Waals surface area contributed by atoms with Crippen LogP contribution in [0.3, 0.4) is 0 Å². The van der Waals surface area contributed by atoms with Crippen molar-refractivity contribution in [3.8, 4) is 0 Å². The Balaban J connectivity index is 4.10. The van der Waals surface area contributed by atoms with Crippen LogP contribution in [0.4, 0.5) is 4.79 Å². The summed E-state index contributed by atoms with van der Waals surface area (Å²) in [5, 5.41) is 9.26. The molecule has 0 spiro atoms. The van der Waals surface area contributed by atoms with Gasteiger partial charge in [-0.1, -0.05) is 143 Å². The summed E-state index contributed by atoms with van der Waals surface area (Å²) in [5.41, 5.74) is -0.420. The van der Waals surface area contributed by atoms with Crippen LogP contribution in [0, 0.1) is 11.3 Å². The summed E-state index contributed by atoms with van der Waals surface area (Å²) in [5.74, 6) is 0.754. The van der Waals surface area contributed by atoms with E-state index in [0.29, 0.717) is 19.8 Å². The first-order chi connectivity index (χ1) is 24.8. The number of ether oxygens (including phenoxy) is 3. The van der Waals surface area contributed by atoms with E-state index in [-0.39, 0.29) is 12.6 Å². The lowest BCUT2D eigenvalue weighted by Gasteiger charge is -2.24. The van der Waals surface area contributed by atoms with Crippen molar-refractivity contribution in [2.75, 3.05) is 46.1 Å². The van der Waals surface area contributed by atoms with Gasteiger partial charge < -0.3 is 24.2 Å². The molecule has 0 heterocycles. The van der Waals surface area contributed by atoms with Gasteiger partial charge in [0.1, 0.15) is 0 Å². The molecule has 7 nitrogen and oxygen atoms in total. The summed E-state index contributed by atoms with van der Waals surface area (Å²) in [6.45, 7) is 15.8. The lowest BCUT2D eigenvalue weighted by molar-refractivity contribution is -0.154. The average Bonchev–Trinajstić information content (AvgIpc) is 3.11. The predicted molar refractivity (Wildman–Crippen MR) is 215 cm³/mol. The minimum atomic E-state index is -0.524. The van der Waals surface area contributed by atoms with Crippen LogP contribution in [-0.2, 0) is 19.0 Å². The van der Waals surface area contributed by atoms with Crippen molar-refractivity contribution in [3.63, 3.8) is 0 Å². The molecule has 0 saturated heterocycles. The Kier molecular flexibility index (Phi) is 36.0. The van der Waals surface area contributed by atoms with Crippen molar-refractivity contribution in [1.29, 1.82) is 0 Å². The Labute approximate surface area is 317 Å². The lowest BCUT2D eigenvalue weighted by Crippen LogP contribution is -2.28. The van der Waals surface area contributed by atoms with Crippen LogP contribution in [0.25, 0.3) is 0 Å². The SMILES string of the molecule is CCCCCCCCCOC(=O)OCCCCCCN(CCCCO)CCCCCCC(C)(C)C(=O)OCCCC(CCCCC)CCCCC. The van der Waals surface area contributed by atoms with Gasteiger partial charge in [0.2, 0.25) is 0 Å². The molecule has 0 atom stereocenters. The molecule has 0 aliphatic rings. The first-order valence-corrected chi connectivity index (χ1v) is 22.1. The summed E-state index contributed by atoms with van der Waals surface area (Å²) in [4.78, 5) is 27.2. The number of carbonyl (C=O) groups is 2. The zero-order valence-corrected chi connectivity index (χ0v) is 34.8. The number of aliphatic hydroxyl groups is 1. The molecule has 7 heteroatoms. The van der Waals surface area contributed by atoms with Gasteiger partial charge in [-0.2, -0.15) is 0 Å². The van der Waals surface area contributed by atoms with Crippen LogP contribution < -0.4 is 0 Å². The Morgan fingerprint density at radius 3 is 1.45 bits per heavy atom. The largest absolute Gasteiger partial charge is 0.508 e. The molecule has 304 valence electrons. The molecule has 0 aromatic heterocycles. The van der Waals surface area contributed by atoms with E-state index in [2.05, 4.69) is 25.7 Å². The van der Waals surface area contributed by atoms with Gasteiger partial charge in [0.15, 0.2) is 0 Å². The van der Waals surface area contributed by atoms with Crippen LogP contribution in [-0.4, -0.2) is 68.2 Å². The first kappa shape index (κ1) is 49.7. The van der Waals surface area contributed by atoms with Crippen molar-refractivity contribution in [1.82, 2.24) is 4.90 Å². The molecule has 0 rings (SSSR count). The van der Waals surface area contributed by atoms with E-state index in [1.54, 1.807) is 0 Å². The maximum Gasteiger partial charge on any atom is 0.508 e. The van der Waals surface area contributed by atoms with Crippen molar-refractivity contribution in [2.24, 2.45) is 11.3 Å². The van der Waals surface area contributed by atoms with Crippen molar-refractivity contribution >= 4 is 12.1 Å². The molecule has 0 aliphatic heterocycles. The second-order valence-electron chi connectivity index (χ2n) is 15.9.